The smallest absolute Gasteiger partial charge is 0.253 e. The minimum Gasteiger partial charge on any atom is -0.342 e. The van der Waals surface area contributed by atoms with Crippen molar-refractivity contribution in [3.8, 4) is 0 Å². The van der Waals surface area contributed by atoms with E-state index in [9.17, 15) is 4.79 Å². The molecule has 1 rings (SSSR count). The summed E-state index contributed by atoms with van der Waals surface area (Å²) >= 11 is 3.40. The lowest BCUT2D eigenvalue weighted by molar-refractivity contribution is 0.0790. The van der Waals surface area contributed by atoms with Gasteiger partial charge in [0.2, 0.25) is 0 Å². The number of halogens is 1. The molecule has 100 valence electrons. The first-order chi connectivity index (χ1) is 8.54. The van der Waals surface area contributed by atoms with E-state index in [-0.39, 0.29) is 5.91 Å². The lowest BCUT2D eigenvalue weighted by atomic mass is 10.1. The Morgan fingerprint density at radius 2 is 1.72 bits per heavy atom. The fourth-order valence-electron chi connectivity index (χ4n) is 1.68. The highest BCUT2D eigenvalue weighted by Crippen LogP contribution is 2.09. The second-order valence-corrected chi connectivity index (χ2v) is 5.27. The van der Waals surface area contributed by atoms with Crippen LogP contribution in [0.25, 0.3) is 0 Å². The van der Waals surface area contributed by atoms with Crippen LogP contribution in [0.5, 0.6) is 0 Å². The van der Waals surface area contributed by atoms with Gasteiger partial charge in [-0.2, -0.15) is 0 Å². The molecule has 0 radical (unpaired) electrons. The van der Waals surface area contributed by atoms with Crippen molar-refractivity contribution in [2.24, 2.45) is 0 Å². The fraction of sp³-hybridized carbons (Fsp3) is 0.500. The molecule has 1 aromatic carbocycles. The average Bonchev–Trinajstić information content (AvgIpc) is 2.37. The Morgan fingerprint density at radius 3 is 2.22 bits per heavy atom. The molecule has 0 saturated carbocycles. The minimum absolute atomic E-state index is 0.0925. The van der Waals surface area contributed by atoms with Crippen molar-refractivity contribution in [3.05, 3.63) is 35.4 Å². The van der Waals surface area contributed by atoms with Gasteiger partial charge in [-0.25, -0.2) is 0 Å². The van der Waals surface area contributed by atoms with Crippen molar-refractivity contribution in [1.82, 2.24) is 9.80 Å². The number of hydrogen-bond acceptors (Lipinski definition) is 2. The van der Waals surface area contributed by atoms with E-state index in [4.69, 9.17) is 0 Å². The van der Waals surface area contributed by atoms with Crippen LogP contribution in [-0.4, -0.2) is 49.9 Å². The molecule has 1 aromatic rings. The predicted molar refractivity (Wildman–Crippen MR) is 79.2 cm³/mol. The van der Waals surface area contributed by atoms with E-state index in [1.165, 1.54) is 5.56 Å². The quantitative estimate of drug-likeness (QED) is 0.754. The van der Waals surface area contributed by atoms with Crippen LogP contribution in [0.1, 0.15) is 22.3 Å². The first kappa shape index (κ1) is 15.2. The Hall–Kier alpha value is -0.870. The highest BCUT2D eigenvalue weighted by molar-refractivity contribution is 9.08. The maximum Gasteiger partial charge on any atom is 0.253 e. The highest BCUT2D eigenvalue weighted by Gasteiger charge is 2.10. The van der Waals surface area contributed by atoms with Crippen LogP contribution in [0.3, 0.4) is 0 Å². The Kier molecular flexibility index (Phi) is 6.36. The van der Waals surface area contributed by atoms with Gasteiger partial charge >= 0.3 is 0 Å². The number of nitrogens with zero attached hydrogens (tertiary/aromatic N) is 2. The summed E-state index contributed by atoms with van der Waals surface area (Å²) in [5.74, 6) is 0.0925. The lowest BCUT2D eigenvalue weighted by Crippen LogP contribution is -2.29. The molecule has 0 aliphatic rings. The molecule has 0 heterocycles. The van der Waals surface area contributed by atoms with Crippen LogP contribution >= 0.6 is 15.9 Å². The van der Waals surface area contributed by atoms with Gasteiger partial charge in [0.15, 0.2) is 0 Å². The zero-order chi connectivity index (χ0) is 13.5. The fourth-order valence-corrected chi connectivity index (χ4v) is 2.06. The minimum atomic E-state index is 0.0925. The Balaban J connectivity index is 2.51. The zero-order valence-corrected chi connectivity index (χ0v) is 12.9. The van der Waals surface area contributed by atoms with E-state index in [0.29, 0.717) is 0 Å². The molecule has 4 heteroatoms. The summed E-state index contributed by atoms with van der Waals surface area (Å²) in [6.45, 7) is 1.79. The average molecular weight is 313 g/mol. The van der Waals surface area contributed by atoms with Crippen LogP contribution in [0.15, 0.2) is 24.3 Å². The van der Waals surface area contributed by atoms with Gasteiger partial charge in [-0.15, -0.1) is 0 Å². The number of benzene rings is 1. The molecule has 0 spiro atoms. The summed E-state index contributed by atoms with van der Waals surface area (Å²) in [4.78, 5) is 16.0. The number of carbonyl (C=O) groups is 1. The van der Waals surface area contributed by atoms with Crippen molar-refractivity contribution in [1.29, 1.82) is 0 Å². The van der Waals surface area contributed by atoms with E-state index < -0.39 is 0 Å². The number of carbonyl (C=O) groups excluding carboxylic acids is 1. The van der Waals surface area contributed by atoms with E-state index in [0.717, 1.165) is 30.4 Å². The van der Waals surface area contributed by atoms with E-state index >= 15 is 0 Å². The summed E-state index contributed by atoms with van der Waals surface area (Å²) in [6, 6.07) is 7.74. The maximum absolute atomic E-state index is 12.1. The molecule has 3 nitrogen and oxygen atoms in total. The van der Waals surface area contributed by atoms with E-state index in [2.05, 4.69) is 20.8 Å². The van der Waals surface area contributed by atoms with Gasteiger partial charge in [-0.3, -0.25) is 4.79 Å². The monoisotopic (exact) mass is 312 g/mol. The molecular formula is C14H21BrN2O. The SMILES string of the molecule is CN(C)CCCN(C)C(=O)c1ccc(CBr)cc1. The van der Waals surface area contributed by atoms with Crippen molar-refractivity contribution in [2.75, 3.05) is 34.2 Å². The van der Waals surface area contributed by atoms with Gasteiger partial charge in [-0.1, -0.05) is 28.1 Å². The van der Waals surface area contributed by atoms with Crippen molar-refractivity contribution in [3.63, 3.8) is 0 Å². The predicted octanol–water partition coefficient (Wildman–Crippen LogP) is 2.61. The maximum atomic E-state index is 12.1. The summed E-state index contributed by atoms with van der Waals surface area (Å²) in [7, 11) is 5.94. The topological polar surface area (TPSA) is 23.6 Å². The molecule has 0 aliphatic carbocycles. The Morgan fingerprint density at radius 1 is 1.11 bits per heavy atom. The summed E-state index contributed by atoms with van der Waals surface area (Å²) in [6.07, 6.45) is 0.995. The van der Waals surface area contributed by atoms with Crippen LogP contribution < -0.4 is 0 Å². The van der Waals surface area contributed by atoms with Gasteiger partial charge < -0.3 is 9.80 Å². The molecule has 18 heavy (non-hydrogen) atoms. The third kappa shape index (κ3) is 4.78. The van der Waals surface area contributed by atoms with Gasteiger partial charge in [-0.05, 0) is 44.8 Å². The van der Waals surface area contributed by atoms with Crippen LogP contribution in [0.4, 0.5) is 0 Å². The normalized spacial score (nSPS) is 10.7. The molecule has 0 fully saturated rings. The summed E-state index contributed by atoms with van der Waals surface area (Å²) < 4.78 is 0. The Labute approximate surface area is 118 Å². The number of alkyl halides is 1. The van der Waals surface area contributed by atoms with Crippen LogP contribution in [0.2, 0.25) is 0 Å². The molecule has 0 bridgehead atoms. The van der Waals surface area contributed by atoms with Crippen molar-refractivity contribution >= 4 is 21.8 Å². The number of rotatable bonds is 6. The molecule has 0 saturated heterocycles. The third-order valence-electron chi connectivity index (χ3n) is 2.80. The lowest BCUT2D eigenvalue weighted by Gasteiger charge is -2.18. The number of amides is 1. The molecule has 1 amide bonds. The summed E-state index contributed by atoms with van der Waals surface area (Å²) in [5, 5.41) is 0.820. The molecule has 0 aliphatic heterocycles. The van der Waals surface area contributed by atoms with Crippen LogP contribution in [0, 0.1) is 0 Å². The molecular weight excluding hydrogens is 292 g/mol. The van der Waals surface area contributed by atoms with Crippen molar-refractivity contribution in [2.45, 2.75) is 11.8 Å². The first-order valence-corrected chi connectivity index (χ1v) is 7.22. The summed E-state index contributed by atoms with van der Waals surface area (Å²) in [5.41, 5.74) is 1.94. The van der Waals surface area contributed by atoms with Crippen molar-refractivity contribution < 1.29 is 4.79 Å². The number of hydrogen-bond donors (Lipinski definition) is 0. The second-order valence-electron chi connectivity index (χ2n) is 4.71. The third-order valence-corrected chi connectivity index (χ3v) is 3.45. The van der Waals surface area contributed by atoms with Gasteiger partial charge in [0.05, 0.1) is 0 Å². The zero-order valence-electron chi connectivity index (χ0n) is 11.3. The van der Waals surface area contributed by atoms with Gasteiger partial charge in [0.25, 0.3) is 5.91 Å². The van der Waals surface area contributed by atoms with Gasteiger partial charge in [0.1, 0.15) is 0 Å². The highest BCUT2D eigenvalue weighted by atomic mass is 79.9. The molecule has 0 unspecified atom stereocenters. The molecule has 0 N–H and O–H groups in total. The van der Waals surface area contributed by atoms with Gasteiger partial charge in [0, 0.05) is 24.5 Å². The van der Waals surface area contributed by atoms with Crippen LogP contribution in [-0.2, 0) is 5.33 Å². The molecule has 0 atom stereocenters. The van der Waals surface area contributed by atoms with E-state index in [1.54, 1.807) is 4.90 Å². The standard InChI is InChI=1S/C14H21BrN2O/c1-16(2)9-4-10-17(3)14(18)13-7-5-12(11-15)6-8-13/h5-8H,4,9-11H2,1-3H3. The Bertz CT molecular complexity index is 376. The molecule has 0 aromatic heterocycles. The largest absolute Gasteiger partial charge is 0.342 e. The van der Waals surface area contributed by atoms with E-state index in [1.807, 2.05) is 45.4 Å². The second kappa shape index (κ2) is 7.54. The first-order valence-electron chi connectivity index (χ1n) is 6.09.